The molecule has 0 spiro atoms. The fraction of sp³-hybridized carbons (Fsp3) is 0.118. The number of aromatic nitrogens is 2. The Bertz CT molecular complexity index is 616. The van der Waals surface area contributed by atoms with Crippen molar-refractivity contribution in [2.24, 2.45) is 0 Å². The number of aryl methyl sites for hydroxylation is 1. The summed E-state index contributed by atoms with van der Waals surface area (Å²) in [5, 5.41) is 0. The lowest BCUT2D eigenvalue weighted by molar-refractivity contribution is 1.14. The van der Waals surface area contributed by atoms with Gasteiger partial charge in [0.15, 0.2) is 0 Å². The van der Waals surface area contributed by atoms with Crippen LogP contribution in [0.5, 0.6) is 0 Å². The van der Waals surface area contributed by atoms with Gasteiger partial charge in [-0.15, -0.1) is 0 Å². The van der Waals surface area contributed by atoms with Gasteiger partial charge in [-0.25, -0.2) is 4.98 Å². The van der Waals surface area contributed by atoms with Gasteiger partial charge in [-0.05, 0) is 13.8 Å². The average molecular weight is 250 g/mol. The summed E-state index contributed by atoms with van der Waals surface area (Å²) in [6, 6.07) is 10.2. The summed E-state index contributed by atoms with van der Waals surface area (Å²) < 4.78 is 0. The minimum Gasteiger partial charge on any atom is -0.342 e. The van der Waals surface area contributed by atoms with E-state index in [2.05, 4.69) is 28.7 Å². The number of allylic oxidation sites excluding steroid dienone is 5. The first-order valence-corrected chi connectivity index (χ1v) is 6.34. The van der Waals surface area contributed by atoms with Crippen LogP contribution in [0.15, 0.2) is 61.2 Å². The number of imidazole rings is 1. The Labute approximate surface area is 114 Å². The van der Waals surface area contributed by atoms with Crippen molar-refractivity contribution in [3.8, 4) is 11.3 Å². The Morgan fingerprint density at radius 2 is 2.00 bits per heavy atom. The van der Waals surface area contributed by atoms with Gasteiger partial charge in [-0.3, -0.25) is 0 Å². The maximum absolute atomic E-state index is 4.60. The van der Waals surface area contributed by atoms with Gasteiger partial charge in [0.25, 0.3) is 0 Å². The molecule has 2 aromatic rings. The first kappa shape index (κ1) is 13.1. The highest BCUT2D eigenvalue weighted by Crippen LogP contribution is 2.27. The molecule has 0 unspecified atom stereocenters. The Kier molecular flexibility index (Phi) is 4.14. The number of benzene rings is 1. The molecular formula is C17H18N2. The van der Waals surface area contributed by atoms with Crippen molar-refractivity contribution in [1.82, 2.24) is 9.97 Å². The lowest BCUT2D eigenvalue weighted by atomic mass is 10.0. The van der Waals surface area contributed by atoms with Crippen LogP contribution in [0.4, 0.5) is 0 Å². The largest absolute Gasteiger partial charge is 0.342 e. The van der Waals surface area contributed by atoms with Gasteiger partial charge in [-0.2, -0.15) is 0 Å². The summed E-state index contributed by atoms with van der Waals surface area (Å²) in [7, 11) is 0. The SMILES string of the molecule is C=C/C=C(\C=C/C)c1nc(C)[nH]c1-c1ccccc1. The van der Waals surface area contributed by atoms with Crippen molar-refractivity contribution in [2.45, 2.75) is 13.8 Å². The van der Waals surface area contributed by atoms with E-state index in [1.54, 1.807) is 6.08 Å². The summed E-state index contributed by atoms with van der Waals surface area (Å²) in [5.41, 5.74) is 4.20. The highest BCUT2D eigenvalue weighted by atomic mass is 14.9. The first-order valence-electron chi connectivity index (χ1n) is 6.34. The van der Waals surface area contributed by atoms with Gasteiger partial charge in [0.05, 0.1) is 11.4 Å². The van der Waals surface area contributed by atoms with Gasteiger partial charge < -0.3 is 4.98 Å². The maximum atomic E-state index is 4.60. The molecule has 0 aliphatic rings. The van der Waals surface area contributed by atoms with E-state index in [4.69, 9.17) is 0 Å². The Balaban J connectivity index is 2.58. The third-order valence-electron chi connectivity index (χ3n) is 2.80. The van der Waals surface area contributed by atoms with Crippen molar-refractivity contribution in [2.75, 3.05) is 0 Å². The molecule has 0 fully saturated rings. The standard InChI is InChI=1S/C17H18N2/c1-4-9-14(10-5-2)16-17(19-13(3)18-16)15-11-7-6-8-12-15/h4-12H,1H2,2-3H3,(H,18,19)/b10-5-,14-9+. The summed E-state index contributed by atoms with van der Waals surface area (Å²) in [5.74, 6) is 0.910. The summed E-state index contributed by atoms with van der Waals surface area (Å²) in [6.07, 6.45) is 7.81. The Morgan fingerprint density at radius 3 is 2.63 bits per heavy atom. The lowest BCUT2D eigenvalue weighted by Crippen LogP contribution is -1.86. The quantitative estimate of drug-likeness (QED) is 0.793. The molecule has 0 saturated carbocycles. The van der Waals surface area contributed by atoms with E-state index in [0.717, 1.165) is 28.3 Å². The second-order valence-corrected chi connectivity index (χ2v) is 4.27. The molecule has 0 atom stereocenters. The van der Waals surface area contributed by atoms with E-state index < -0.39 is 0 Å². The van der Waals surface area contributed by atoms with Crippen LogP contribution >= 0.6 is 0 Å². The molecule has 0 amide bonds. The van der Waals surface area contributed by atoms with Gasteiger partial charge >= 0.3 is 0 Å². The van der Waals surface area contributed by atoms with Crippen molar-refractivity contribution >= 4 is 5.57 Å². The number of H-pyrrole nitrogens is 1. The second kappa shape index (κ2) is 6.01. The van der Waals surface area contributed by atoms with Crippen LogP contribution in [-0.4, -0.2) is 9.97 Å². The third kappa shape index (κ3) is 2.91. The fourth-order valence-electron chi connectivity index (χ4n) is 2.03. The molecule has 2 nitrogen and oxygen atoms in total. The van der Waals surface area contributed by atoms with E-state index in [9.17, 15) is 0 Å². The lowest BCUT2D eigenvalue weighted by Gasteiger charge is -2.03. The number of rotatable bonds is 4. The fourth-order valence-corrected chi connectivity index (χ4v) is 2.03. The van der Waals surface area contributed by atoms with Crippen LogP contribution in [-0.2, 0) is 0 Å². The normalized spacial score (nSPS) is 12.0. The average Bonchev–Trinajstić information content (AvgIpc) is 2.81. The molecule has 0 aliphatic carbocycles. The minimum absolute atomic E-state index is 0.910. The molecule has 2 rings (SSSR count). The smallest absolute Gasteiger partial charge is 0.104 e. The first-order chi connectivity index (χ1) is 9.26. The Hall–Kier alpha value is -2.35. The zero-order valence-electron chi connectivity index (χ0n) is 11.4. The number of hydrogen-bond donors (Lipinski definition) is 1. The van der Waals surface area contributed by atoms with Gasteiger partial charge in [0.2, 0.25) is 0 Å². The molecule has 19 heavy (non-hydrogen) atoms. The molecule has 0 radical (unpaired) electrons. The molecule has 2 heteroatoms. The monoisotopic (exact) mass is 250 g/mol. The zero-order chi connectivity index (χ0) is 13.7. The van der Waals surface area contributed by atoms with Crippen LogP contribution in [0.3, 0.4) is 0 Å². The van der Waals surface area contributed by atoms with Crippen LogP contribution in [0.1, 0.15) is 18.4 Å². The van der Waals surface area contributed by atoms with Crippen molar-refractivity contribution in [3.05, 3.63) is 72.7 Å². The number of nitrogens with zero attached hydrogens (tertiary/aromatic N) is 1. The minimum atomic E-state index is 0.910. The predicted molar refractivity (Wildman–Crippen MR) is 81.7 cm³/mol. The highest BCUT2D eigenvalue weighted by Gasteiger charge is 2.12. The number of nitrogens with one attached hydrogen (secondary N) is 1. The molecule has 1 heterocycles. The summed E-state index contributed by atoms with van der Waals surface area (Å²) >= 11 is 0. The number of hydrogen-bond acceptors (Lipinski definition) is 1. The maximum Gasteiger partial charge on any atom is 0.104 e. The summed E-state index contributed by atoms with van der Waals surface area (Å²) in [4.78, 5) is 7.94. The second-order valence-electron chi connectivity index (χ2n) is 4.27. The zero-order valence-corrected chi connectivity index (χ0v) is 11.4. The van der Waals surface area contributed by atoms with Gasteiger partial charge in [0, 0.05) is 11.1 Å². The van der Waals surface area contributed by atoms with Crippen molar-refractivity contribution < 1.29 is 0 Å². The van der Waals surface area contributed by atoms with Crippen molar-refractivity contribution in [3.63, 3.8) is 0 Å². The molecule has 0 saturated heterocycles. The van der Waals surface area contributed by atoms with E-state index in [-0.39, 0.29) is 0 Å². The summed E-state index contributed by atoms with van der Waals surface area (Å²) in [6.45, 7) is 7.74. The molecule has 1 aromatic carbocycles. The molecule has 1 aromatic heterocycles. The molecule has 0 bridgehead atoms. The molecule has 96 valence electrons. The van der Waals surface area contributed by atoms with Gasteiger partial charge in [0.1, 0.15) is 5.82 Å². The predicted octanol–water partition coefficient (Wildman–Crippen LogP) is 4.53. The van der Waals surface area contributed by atoms with Crippen molar-refractivity contribution in [1.29, 1.82) is 0 Å². The van der Waals surface area contributed by atoms with E-state index in [1.165, 1.54) is 0 Å². The Morgan fingerprint density at radius 1 is 1.26 bits per heavy atom. The topological polar surface area (TPSA) is 28.7 Å². The molecule has 1 N–H and O–H groups in total. The number of aromatic amines is 1. The van der Waals surface area contributed by atoms with Gasteiger partial charge in [-0.1, -0.05) is 61.2 Å². The van der Waals surface area contributed by atoms with Crippen LogP contribution < -0.4 is 0 Å². The molecule has 0 aliphatic heterocycles. The van der Waals surface area contributed by atoms with E-state index >= 15 is 0 Å². The van der Waals surface area contributed by atoms with E-state index in [1.807, 2.05) is 50.3 Å². The van der Waals surface area contributed by atoms with Crippen LogP contribution in [0.2, 0.25) is 0 Å². The highest BCUT2D eigenvalue weighted by molar-refractivity contribution is 5.82. The van der Waals surface area contributed by atoms with E-state index in [0.29, 0.717) is 0 Å². The van der Waals surface area contributed by atoms with Crippen LogP contribution in [0, 0.1) is 6.92 Å². The molecular weight excluding hydrogens is 232 g/mol. The third-order valence-corrected chi connectivity index (χ3v) is 2.80. The van der Waals surface area contributed by atoms with Crippen LogP contribution in [0.25, 0.3) is 16.8 Å².